The summed E-state index contributed by atoms with van der Waals surface area (Å²) in [6.07, 6.45) is 7.05. The van der Waals surface area contributed by atoms with Crippen LogP contribution in [0, 0.1) is 5.41 Å². The number of benzene rings is 2. The summed E-state index contributed by atoms with van der Waals surface area (Å²) < 4.78 is 0. The van der Waals surface area contributed by atoms with Crippen molar-refractivity contribution in [2.45, 2.75) is 6.54 Å². The van der Waals surface area contributed by atoms with E-state index in [4.69, 9.17) is 22.1 Å². The lowest BCUT2D eigenvalue weighted by atomic mass is 9.95. The van der Waals surface area contributed by atoms with Crippen LogP contribution in [0.4, 0.5) is 5.95 Å². The molecule has 0 amide bonds. The minimum atomic E-state index is 0.273. The molecule has 1 heterocycles. The van der Waals surface area contributed by atoms with Gasteiger partial charge in [-0.05, 0) is 48.0 Å². The molecule has 30 heavy (non-hydrogen) atoms. The van der Waals surface area contributed by atoms with Crippen molar-refractivity contribution in [1.82, 2.24) is 9.97 Å². The number of anilines is 1. The normalized spacial score (nSPS) is 15.0. The number of hydrogen-bond donors (Lipinski definition) is 2. The Labute approximate surface area is 179 Å². The average Bonchev–Trinajstić information content (AvgIpc) is 2.79. The van der Waals surface area contributed by atoms with Gasteiger partial charge >= 0.3 is 0 Å². The second-order valence-corrected chi connectivity index (χ2v) is 7.18. The first-order chi connectivity index (χ1) is 14.6. The van der Waals surface area contributed by atoms with Gasteiger partial charge in [0.05, 0.1) is 22.5 Å². The highest BCUT2D eigenvalue weighted by atomic mass is 35.5. The summed E-state index contributed by atoms with van der Waals surface area (Å²) in [6.45, 7) is 0.627. The molecular formula is C24H20ClN4O+. The Morgan fingerprint density at radius 2 is 1.77 bits per heavy atom. The molecule has 2 aromatic carbocycles. The largest absolute Gasteiger partial charge is 0.592 e. The van der Waals surface area contributed by atoms with Crippen molar-refractivity contribution in [2.24, 2.45) is 0 Å². The summed E-state index contributed by atoms with van der Waals surface area (Å²) in [5, 5.41) is 20.6. The van der Waals surface area contributed by atoms with Crippen molar-refractivity contribution in [3.63, 3.8) is 0 Å². The summed E-state index contributed by atoms with van der Waals surface area (Å²) in [7, 11) is 0. The highest BCUT2D eigenvalue weighted by molar-refractivity contribution is 6.30. The highest BCUT2D eigenvalue weighted by Gasteiger charge is 2.19. The molecule has 1 aliphatic rings. The van der Waals surface area contributed by atoms with E-state index in [9.17, 15) is 0 Å². The topological polar surface area (TPSA) is 84.6 Å². The van der Waals surface area contributed by atoms with Gasteiger partial charge in [-0.3, -0.25) is 5.41 Å². The van der Waals surface area contributed by atoms with E-state index >= 15 is 0 Å². The number of hydrogen-bond acceptors (Lipinski definition) is 4. The summed E-state index contributed by atoms with van der Waals surface area (Å²) in [5.74, 6) is 0.802. The third-order valence-electron chi connectivity index (χ3n) is 4.67. The molecule has 5 nitrogen and oxygen atoms in total. The van der Waals surface area contributed by atoms with Crippen LogP contribution < -0.4 is 5.32 Å². The lowest BCUT2D eigenvalue weighted by Crippen LogP contribution is -2.07. The number of aromatic nitrogens is 2. The van der Waals surface area contributed by atoms with Gasteiger partial charge in [0.15, 0.2) is 0 Å². The van der Waals surface area contributed by atoms with E-state index in [1.54, 1.807) is 36.5 Å². The van der Waals surface area contributed by atoms with Crippen molar-refractivity contribution >= 4 is 34.6 Å². The average molecular weight is 416 g/mol. The maximum Gasteiger partial charge on any atom is 0.270 e. The zero-order valence-electron chi connectivity index (χ0n) is 16.1. The molecule has 3 aromatic rings. The zero-order valence-corrected chi connectivity index (χ0v) is 16.8. The fourth-order valence-corrected chi connectivity index (χ4v) is 3.19. The molecule has 148 valence electrons. The van der Waals surface area contributed by atoms with Crippen LogP contribution in [-0.4, -0.2) is 20.8 Å². The molecule has 4 N–H and O–H groups in total. The molecule has 0 bridgehead atoms. The first-order valence-electron chi connectivity index (χ1n) is 9.42. The van der Waals surface area contributed by atoms with Crippen LogP contribution in [0.5, 0.6) is 0 Å². The summed E-state index contributed by atoms with van der Waals surface area (Å²) in [6, 6.07) is 18.9. The van der Waals surface area contributed by atoms with E-state index < -0.39 is 0 Å². The van der Waals surface area contributed by atoms with E-state index in [0.29, 0.717) is 28.7 Å². The van der Waals surface area contributed by atoms with Crippen LogP contribution in [0.2, 0.25) is 5.02 Å². The third-order valence-corrected chi connectivity index (χ3v) is 4.92. The van der Waals surface area contributed by atoms with Gasteiger partial charge in [0.25, 0.3) is 5.76 Å². The van der Waals surface area contributed by atoms with E-state index in [-0.39, 0.29) is 11.5 Å². The molecule has 0 saturated carbocycles. The van der Waals surface area contributed by atoms with Crippen LogP contribution in [0.1, 0.15) is 16.8 Å². The van der Waals surface area contributed by atoms with Crippen LogP contribution in [0.25, 0.3) is 11.3 Å². The van der Waals surface area contributed by atoms with Crippen molar-refractivity contribution in [2.75, 3.05) is 5.32 Å². The quantitative estimate of drug-likeness (QED) is 0.461. The van der Waals surface area contributed by atoms with Crippen molar-refractivity contribution < 1.29 is 5.11 Å². The lowest BCUT2D eigenvalue weighted by Gasteiger charge is -2.12. The molecule has 1 aliphatic carbocycles. The molecule has 6 heteroatoms. The Balaban J connectivity index is 1.61. The van der Waals surface area contributed by atoms with Crippen LogP contribution >= 0.6 is 11.6 Å². The standard InChI is InChI=1S/C24H19ClN4O/c25-19-9-6-17(7-10-19)23(30)20-14-18(8-11-21(20)26)22-12-13-27-24(29-22)28-15-16-4-2-1-3-5-16/h1-14,26,30H,15H2,(H,27,28,29)/p+1/b23-20-,26-21?. The molecule has 0 atom stereocenters. The predicted molar refractivity (Wildman–Crippen MR) is 123 cm³/mol. The number of rotatable bonds is 5. The van der Waals surface area contributed by atoms with Crippen LogP contribution in [-0.2, 0) is 6.54 Å². The van der Waals surface area contributed by atoms with Gasteiger partial charge in [0.1, 0.15) is 0 Å². The SMILES string of the molecule is N=C1C=CC(c2ccnc(NCc3ccccc3)n2)=C/C1=C(/[OH2+])c1ccc(Cl)cc1. The van der Waals surface area contributed by atoms with Gasteiger partial charge < -0.3 is 10.4 Å². The van der Waals surface area contributed by atoms with Gasteiger partial charge in [-0.25, -0.2) is 9.97 Å². The van der Waals surface area contributed by atoms with E-state index in [1.807, 2.05) is 48.6 Å². The number of allylic oxidation sites excluding steroid dienone is 5. The molecule has 0 radical (unpaired) electrons. The van der Waals surface area contributed by atoms with Crippen molar-refractivity contribution in [3.05, 3.63) is 113 Å². The number of halogens is 1. The van der Waals surface area contributed by atoms with Crippen molar-refractivity contribution in [3.8, 4) is 0 Å². The molecule has 0 spiro atoms. The minimum Gasteiger partial charge on any atom is -0.592 e. The number of nitrogens with one attached hydrogen (secondary N) is 2. The van der Waals surface area contributed by atoms with Gasteiger partial charge in [0.2, 0.25) is 5.95 Å². The van der Waals surface area contributed by atoms with E-state index in [0.717, 1.165) is 16.8 Å². The van der Waals surface area contributed by atoms with Crippen LogP contribution in [0.3, 0.4) is 0 Å². The fourth-order valence-electron chi connectivity index (χ4n) is 3.06. The fraction of sp³-hybridized carbons (Fsp3) is 0.0417. The van der Waals surface area contributed by atoms with Gasteiger partial charge in [-0.2, -0.15) is 0 Å². The first kappa shape index (κ1) is 19.6. The monoisotopic (exact) mass is 415 g/mol. The minimum absolute atomic E-state index is 0.273. The van der Waals surface area contributed by atoms with Gasteiger partial charge in [0, 0.05) is 23.3 Å². The molecule has 1 aromatic heterocycles. The maximum atomic E-state index is 8.54. The Morgan fingerprint density at radius 3 is 2.53 bits per heavy atom. The van der Waals surface area contributed by atoms with E-state index in [2.05, 4.69) is 15.3 Å². The number of nitrogens with zero attached hydrogens (tertiary/aromatic N) is 2. The molecule has 0 aliphatic heterocycles. The van der Waals surface area contributed by atoms with Gasteiger partial charge in [-0.1, -0.05) is 48.0 Å². The third kappa shape index (κ3) is 4.47. The Hall–Kier alpha value is -3.70. The van der Waals surface area contributed by atoms with E-state index in [1.165, 1.54) is 0 Å². The Bertz CT molecular complexity index is 1170. The molecule has 0 fully saturated rings. The van der Waals surface area contributed by atoms with Crippen LogP contribution in [0.15, 0.2) is 90.7 Å². The molecule has 0 unspecified atom stereocenters. The summed E-state index contributed by atoms with van der Waals surface area (Å²) in [5.41, 5.74) is 4.22. The maximum absolute atomic E-state index is 8.54. The smallest absolute Gasteiger partial charge is 0.270 e. The predicted octanol–water partition coefficient (Wildman–Crippen LogP) is 4.85. The summed E-state index contributed by atoms with van der Waals surface area (Å²) >= 11 is 5.95. The molecular weight excluding hydrogens is 396 g/mol. The Morgan fingerprint density at radius 1 is 1.00 bits per heavy atom. The Kier molecular flexibility index (Phi) is 5.72. The second-order valence-electron chi connectivity index (χ2n) is 6.75. The summed E-state index contributed by atoms with van der Waals surface area (Å²) in [4.78, 5) is 8.90. The zero-order chi connectivity index (χ0) is 20.9. The molecule has 0 saturated heterocycles. The second kappa shape index (κ2) is 8.76. The first-order valence-corrected chi connectivity index (χ1v) is 9.80. The van der Waals surface area contributed by atoms with Gasteiger partial charge in [-0.15, -0.1) is 0 Å². The van der Waals surface area contributed by atoms with Crippen molar-refractivity contribution in [1.29, 1.82) is 5.41 Å². The lowest BCUT2D eigenvalue weighted by molar-refractivity contribution is 0.510. The highest BCUT2D eigenvalue weighted by Crippen LogP contribution is 2.27. The molecule has 4 rings (SSSR count).